The van der Waals surface area contributed by atoms with Crippen LogP contribution in [-0.4, -0.2) is 18.4 Å². The van der Waals surface area contributed by atoms with Crippen LogP contribution in [0.4, 0.5) is 10.1 Å². The van der Waals surface area contributed by atoms with Gasteiger partial charge in [0.2, 0.25) is 11.8 Å². The zero-order valence-corrected chi connectivity index (χ0v) is 12.9. The Morgan fingerprint density at radius 1 is 1.04 bits per heavy atom. The molecular weight excluding hydrogens is 295 g/mol. The molecule has 23 heavy (non-hydrogen) atoms. The van der Waals surface area contributed by atoms with E-state index in [1.165, 1.54) is 6.07 Å². The normalized spacial score (nSPS) is 11.6. The maximum atomic E-state index is 13.6. The van der Waals surface area contributed by atoms with E-state index in [0.717, 1.165) is 0 Å². The van der Waals surface area contributed by atoms with Gasteiger partial charge in [-0.05, 0) is 30.2 Å². The molecule has 120 valence electrons. The van der Waals surface area contributed by atoms with E-state index in [-0.39, 0.29) is 24.2 Å². The van der Waals surface area contributed by atoms with Crippen molar-refractivity contribution in [3.05, 3.63) is 66.0 Å². The Morgan fingerprint density at radius 3 is 2.39 bits per heavy atom. The predicted octanol–water partition coefficient (Wildman–Crippen LogP) is 2.76. The van der Waals surface area contributed by atoms with Gasteiger partial charge >= 0.3 is 0 Å². The first kappa shape index (κ1) is 16.7. The van der Waals surface area contributed by atoms with E-state index in [2.05, 4.69) is 10.6 Å². The largest absolute Gasteiger partial charge is 0.347 e. The average Bonchev–Trinajstić information content (AvgIpc) is 2.55. The van der Waals surface area contributed by atoms with Crippen molar-refractivity contribution in [2.75, 3.05) is 11.9 Å². The van der Waals surface area contributed by atoms with E-state index < -0.39 is 5.92 Å². The molecule has 0 fully saturated rings. The lowest BCUT2D eigenvalue weighted by Crippen LogP contribution is -2.36. The number of rotatable bonds is 6. The predicted molar refractivity (Wildman–Crippen MR) is 87.3 cm³/mol. The van der Waals surface area contributed by atoms with Crippen molar-refractivity contribution in [2.45, 2.75) is 13.3 Å². The number of hydrogen-bond donors (Lipinski definition) is 2. The summed E-state index contributed by atoms with van der Waals surface area (Å²) < 4.78 is 13.6. The Kier molecular flexibility index (Phi) is 5.86. The van der Waals surface area contributed by atoms with Crippen LogP contribution in [0.3, 0.4) is 0 Å². The van der Waals surface area contributed by atoms with Crippen molar-refractivity contribution >= 4 is 17.5 Å². The summed E-state index contributed by atoms with van der Waals surface area (Å²) in [6, 6.07) is 15.4. The molecule has 1 unspecified atom stereocenters. The van der Waals surface area contributed by atoms with Gasteiger partial charge in [-0.2, -0.15) is 0 Å². The molecule has 0 aliphatic rings. The van der Waals surface area contributed by atoms with Crippen LogP contribution in [0.15, 0.2) is 54.6 Å². The van der Waals surface area contributed by atoms with E-state index >= 15 is 0 Å². The third-order valence-electron chi connectivity index (χ3n) is 3.41. The van der Waals surface area contributed by atoms with Gasteiger partial charge in [0.1, 0.15) is 5.82 Å². The summed E-state index contributed by atoms with van der Waals surface area (Å²) in [5, 5.41) is 5.25. The molecule has 2 N–H and O–H groups in total. The Bertz CT molecular complexity index is 674. The number of carbonyl (C=O) groups is 2. The van der Waals surface area contributed by atoms with Gasteiger partial charge in [-0.3, -0.25) is 9.59 Å². The SMILES string of the molecule is CC(Cc1ccccc1F)C(=O)NCC(=O)Nc1ccccc1. The molecule has 0 aliphatic heterocycles. The second-order valence-corrected chi connectivity index (χ2v) is 5.33. The van der Waals surface area contributed by atoms with E-state index in [4.69, 9.17) is 0 Å². The second kappa shape index (κ2) is 8.08. The van der Waals surface area contributed by atoms with Crippen LogP contribution in [0.2, 0.25) is 0 Å². The van der Waals surface area contributed by atoms with Crippen molar-refractivity contribution in [1.82, 2.24) is 5.32 Å². The van der Waals surface area contributed by atoms with Crippen LogP contribution in [0, 0.1) is 11.7 Å². The summed E-state index contributed by atoms with van der Waals surface area (Å²) in [5.41, 5.74) is 1.16. The van der Waals surface area contributed by atoms with Crippen molar-refractivity contribution < 1.29 is 14.0 Å². The lowest BCUT2D eigenvalue weighted by molar-refractivity contribution is -0.126. The molecule has 4 nitrogen and oxygen atoms in total. The zero-order valence-electron chi connectivity index (χ0n) is 12.9. The molecule has 2 amide bonds. The van der Waals surface area contributed by atoms with Crippen molar-refractivity contribution in [1.29, 1.82) is 0 Å². The number of halogens is 1. The molecule has 2 rings (SSSR count). The summed E-state index contributed by atoms with van der Waals surface area (Å²) >= 11 is 0. The third-order valence-corrected chi connectivity index (χ3v) is 3.41. The van der Waals surface area contributed by atoms with Crippen LogP contribution in [0.1, 0.15) is 12.5 Å². The maximum Gasteiger partial charge on any atom is 0.243 e. The fourth-order valence-electron chi connectivity index (χ4n) is 2.15. The zero-order chi connectivity index (χ0) is 16.7. The summed E-state index contributed by atoms with van der Waals surface area (Å²) in [4.78, 5) is 23.8. The topological polar surface area (TPSA) is 58.2 Å². The van der Waals surface area contributed by atoms with Crippen LogP contribution >= 0.6 is 0 Å². The number of anilines is 1. The molecule has 0 bridgehead atoms. The number of para-hydroxylation sites is 1. The van der Waals surface area contributed by atoms with E-state index in [9.17, 15) is 14.0 Å². The van der Waals surface area contributed by atoms with Crippen LogP contribution < -0.4 is 10.6 Å². The molecule has 0 spiro atoms. The number of hydrogen-bond acceptors (Lipinski definition) is 2. The number of nitrogens with one attached hydrogen (secondary N) is 2. The van der Waals surface area contributed by atoms with Gasteiger partial charge in [0, 0.05) is 11.6 Å². The van der Waals surface area contributed by atoms with Crippen LogP contribution in [0.25, 0.3) is 0 Å². The summed E-state index contributed by atoms with van der Waals surface area (Å²) in [5.74, 6) is -1.33. The molecule has 5 heteroatoms. The number of amides is 2. The van der Waals surface area contributed by atoms with Gasteiger partial charge in [0.15, 0.2) is 0 Å². The van der Waals surface area contributed by atoms with Crippen LogP contribution in [0.5, 0.6) is 0 Å². The highest BCUT2D eigenvalue weighted by Gasteiger charge is 2.16. The molecule has 0 saturated heterocycles. The highest BCUT2D eigenvalue weighted by Crippen LogP contribution is 2.12. The van der Waals surface area contributed by atoms with Crippen molar-refractivity contribution in [3.8, 4) is 0 Å². The molecule has 0 heterocycles. The minimum atomic E-state index is -0.420. The summed E-state index contributed by atoms with van der Waals surface area (Å²) in [6.45, 7) is 1.59. The molecule has 0 saturated carbocycles. The lowest BCUT2D eigenvalue weighted by atomic mass is 10.00. The summed E-state index contributed by atoms with van der Waals surface area (Å²) in [7, 11) is 0. The standard InChI is InChI=1S/C18H19FN2O2/c1-13(11-14-7-5-6-10-16(14)19)18(23)20-12-17(22)21-15-8-3-2-4-9-15/h2-10,13H,11-12H2,1H3,(H,20,23)(H,21,22). The van der Waals surface area contributed by atoms with Gasteiger partial charge < -0.3 is 10.6 Å². The van der Waals surface area contributed by atoms with Crippen LogP contribution in [-0.2, 0) is 16.0 Å². The van der Waals surface area contributed by atoms with Crippen molar-refractivity contribution in [2.24, 2.45) is 5.92 Å². The van der Waals surface area contributed by atoms with E-state index in [1.54, 1.807) is 37.3 Å². The minimum Gasteiger partial charge on any atom is -0.347 e. The van der Waals surface area contributed by atoms with Gasteiger partial charge in [0.05, 0.1) is 6.54 Å². The Labute approximate surface area is 134 Å². The van der Waals surface area contributed by atoms with Gasteiger partial charge in [0.25, 0.3) is 0 Å². The lowest BCUT2D eigenvalue weighted by Gasteiger charge is -2.13. The molecule has 2 aromatic rings. The Balaban J connectivity index is 1.80. The van der Waals surface area contributed by atoms with Gasteiger partial charge in [-0.15, -0.1) is 0 Å². The van der Waals surface area contributed by atoms with Gasteiger partial charge in [-0.25, -0.2) is 4.39 Å². The Morgan fingerprint density at radius 2 is 1.70 bits per heavy atom. The molecule has 0 radical (unpaired) electrons. The third kappa shape index (κ3) is 5.21. The molecule has 0 aromatic heterocycles. The average molecular weight is 314 g/mol. The van der Waals surface area contributed by atoms with E-state index in [1.807, 2.05) is 18.2 Å². The summed E-state index contributed by atoms with van der Waals surface area (Å²) in [6.07, 6.45) is 0.290. The molecule has 0 aliphatic carbocycles. The highest BCUT2D eigenvalue weighted by atomic mass is 19.1. The molecule has 1 atom stereocenters. The highest BCUT2D eigenvalue weighted by molar-refractivity contribution is 5.94. The first-order valence-electron chi connectivity index (χ1n) is 7.42. The first-order chi connectivity index (χ1) is 11.1. The minimum absolute atomic E-state index is 0.116. The number of benzene rings is 2. The first-order valence-corrected chi connectivity index (χ1v) is 7.42. The monoisotopic (exact) mass is 314 g/mol. The fourth-order valence-corrected chi connectivity index (χ4v) is 2.15. The second-order valence-electron chi connectivity index (χ2n) is 5.33. The van der Waals surface area contributed by atoms with E-state index in [0.29, 0.717) is 17.7 Å². The Hall–Kier alpha value is -2.69. The fraction of sp³-hybridized carbons (Fsp3) is 0.222. The molecule has 2 aromatic carbocycles. The smallest absolute Gasteiger partial charge is 0.243 e. The van der Waals surface area contributed by atoms with Crippen molar-refractivity contribution in [3.63, 3.8) is 0 Å². The number of carbonyl (C=O) groups excluding carboxylic acids is 2. The maximum absolute atomic E-state index is 13.6. The quantitative estimate of drug-likeness (QED) is 0.861. The molecular formula is C18H19FN2O2. The van der Waals surface area contributed by atoms with Gasteiger partial charge in [-0.1, -0.05) is 43.3 Å².